The molecule has 7 nitrogen and oxygen atoms in total. The number of aromatic amines is 1. The molecule has 7 heteroatoms. The number of piperidine rings is 1. The van der Waals surface area contributed by atoms with Gasteiger partial charge in [-0.2, -0.15) is 5.26 Å². The van der Waals surface area contributed by atoms with Gasteiger partial charge in [-0.05, 0) is 25.3 Å². The van der Waals surface area contributed by atoms with Gasteiger partial charge in [-0.25, -0.2) is 9.97 Å². The van der Waals surface area contributed by atoms with Gasteiger partial charge in [0.2, 0.25) is 5.89 Å². The smallest absolute Gasteiger partial charge is 0.229 e. The number of nitrogens with zero attached hydrogens (tertiary/aromatic N) is 4. The molecule has 1 fully saturated rings. The number of rotatable bonds is 5. The van der Waals surface area contributed by atoms with Crippen LogP contribution in [0.25, 0.3) is 22.5 Å². The standard InChI is InChI=1S/C20H24N6O/c1-13-8-15(12-26(11-13)7-3-5-21)25-18-16-4-6-22-19(16)23-10-17(18)20-24-9-14(2)27-20/h4,6,9-10,13,15H,3,7-8,11-12H2,1-2H3,(H2,22,23,25)/t13-,15+/m0/s1. The average molecular weight is 364 g/mol. The number of hydrogen-bond donors (Lipinski definition) is 2. The number of nitrogens with one attached hydrogen (secondary N) is 2. The van der Waals surface area contributed by atoms with E-state index in [0.717, 1.165) is 54.1 Å². The third-order valence-corrected chi connectivity index (χ3v) is 5.06. The fourth-order valence-corrected chi connectivity index (χ4v) is 3.97. The van der Waals surface area contributed by atoms with E-state index in [-0.39, 0.29) is 0 Å². The Labute approximate surface area is 158 Å². The molecule has 0 aromatic carbocycles. The number of hydrogen-bond acceptors (Lipinski definition) is 6. The van der Waals surface area contributed by atoms with Crippen LogP contribution in [0.4, 0.5) is 5.69 Å². The number of nitriles is 1. The van der Waals surface area contributed by atoms with Crippen molar-refractivity contribution in [2.24, 2.45) is 5.92 Å². The van der Waals surface area contributed by atoms with Crippen LogP contribution in [0.3, 0.4) is 0 Å². The van der Waals surface area contributed by atoms with Gasteiger partial charge in [0.25, 0.3) is 0 Å². The Bertz CT molecular complexity index is 968. The summed E-state index contributed by atoms with van der Waals surface area (Å²) in [7, 11) is 0. The number of H-pyrrole nitrogens is 1. The van der Waals surface area contributed by atoms with Crippen molar-refractivity contribution in [2.45, 2.75) is 32.7 Å². The Hall–Kier alpha value is -2.85. The Balaban J connectivity index is 1.66. The molecule has 0 saturated carbocycles. The van der Waals surface area contributed by atoms with Gasteiger partial charge in [-0.15, -0.1) is 0 Å². The maximum atomic E-state index is 8.90. The molecule has 2 atom stereocenters. The second-order valence-electron chi connectivity index (χ2n) is 7.41. The van der Waals surface area contributed by atoms with Gasteiger partial charge in [0.1, 0.15) is 11.4 Å². The van der Waals surface area contributed by atoms with Crippen molar-refractivity contribution in [2.75, 3.05) is 25.0 Å². The zero-order valence-corrected chi connectivity index (χ0v) is 15.7. The van der Waals surface area contributed by atoms with E-state index in [1.54, 1.807) is 6.20 Å². The molecule has 0 unspecified atom stereocenters. The van der Waals surface area contributed by atoms with Crippen LogP contribution in [0.2, 0.25) is 0 Å². The highest BCUT2D eigenvalue weighted by Gasteiger charge is 2.26. The van der Waals surface area contributed by atoms with Crippen LogP contribution in [0.15, 0.2) is 29.1 Å². The zero-order chi connectivity index (χ0) is 18.8. The van der Waals surface area contributed by atoms with Crippen molar-refractivity contribution in [3.8, 4) is 17.5 Å². The first kappa shape index (κ1) is 17.6. The molecule has 4 heterocycles. The van der Waals surface area contributed by atoms with Gasteiger partial charge in [-0.3, -0.25) is 0 Å². The first-order chi connectivity index (χ1) is 13.1. The van der Waals surface area contributed by atoms with Crippen LogP contribution in [-0.2, 0) is 0 Å². The van der Waals surface area contributed by atoms with E-state index in [1.165, 1.54) is 0 Å². The molecule has 27 heavy (non-hydrogen) atoms. The second kappa shape index (κ2) is 7.41. The maximum absolute atomic E-state index is 8.90. The largest absolute Gasteiger partial charge is 0.441 e. The zero-order valence-electron chi connectivity index (χ0n) is 15.7. The van der Waals surface area contributed by atoms with E-state index in [1.807, 2.05) is 25.4 Å². The summed E-state index contributed by atoms with van der Waals surface area (Å²) in [5.74, 6) is 1.93. The quantitative estimate of drug-likeness (QED) is 0.719. The predicted molar refractivity (Wildman–Crippen MR) is 104 cm³/mol. The number of anilines is 1. The molecular weight excluding hydrogens is 340 g/mol. The van der Waals surface area contributed by atoms with Crippen molar-refractivity contribution in [3.05, 3.63) is 30.4 Å². The molecule has 1 aliphatic rings. The molecule has 3 aromatic heterocycles. The summed E-state index contributed by atoms with van der Waals surface area (Å²) in [4.78, 5) is 14.5. The van der Waals surface area contributed by atoms with Gasteiger partial charge < -0.3 is 19.6 Å². The molecule has 0 radical (unpaired) electrons. The van der Waals surface area contributed by atoms with Crippen LogP contribution in [0, 0.1) is 24.2 Å². The Kier molecular flexibility index (Phi) is 4.82. The van der Waals surface area contributed by atoms with Crippen molar-refractivity contribution < 1.29 is 4.42 Å². The van der Waals surface area contributed by atoms with Gasteiger partial charge in [0.05, 0.1) is 23.5 Å². The summed E-state index contributed by atoms with van der Waals surface area (Å²) >= 11 is 0. The summed E-state index contributed by atoms with van der Waals surface area (Å²) in [5.41, 5.74) is 2.72. The molecule has 140 valence electrons. The monoisotopic (exact) mass is 364 g/mol. The highest BCUT2D eigenvalue weighted by atomic mass is 16.4. The van der Waals surface area contributed by atoms with E-state index < -0.39 is 0 Å². The third kappa shape index (κ3) is 3.67. The normalized spacial score (nSPS) is 20.6. The minimum absolute atomic E-state index is 0.294. The minimum Gasteiger partial charge on any atom is -0.441 e. The number of aromatic nitrogens is 3. The molecule has 4 rings (SSSR count). The highest BCUT2D eigenvalue weighted by molar-refractivity contribution is 5.97. The van der Waals surface area contributed by atoms with Crippen molar-refractivity contribution >= 4 is 16.7 Å². The second-order valence-corrected chi connectivity index (χ2v) is 7.41. The topological polar surface area (TPSA) is 93.8 Å². The first-order valence-electron chi connectivity index (χ1n) is 9.38. The van der Waals surface area contributed by atoms with Crippen LogP contribution in [-0.4, -0.2) is 45.5 Å². The SMILES string of the molecule is Cc1cnc(-c2cnc3[nH]ccc3c2N[C@@H]2C[C@H](C)CN(CCC#N)C2)o1. The molecular formula is C20H24N6O. The summed E-state index contributed by atoms with van der Waals surface area (Å²) < 4.78 is 5.77. The first-order valence-corrected chi connectivity index (χ1v) is 9.38. The van der Waals surface area contributed by atoms with Crippen LogP contribution >= 0.6 is 0 Å². The summed E-state index contributed by atoms with van der Waals surface area (Å²) in [6, 6.07) is 4.58. The molecule has 2 N–H and O–H groups in total. The lowest BCUT2D eigenvalue weighted by atomic mass is 9.95. The molecule has 0 amide bonds. The van der Waals surface area contributed by atoms with Gasteiger partial charge >= 0.3 is 0 Å². The van der Waals surface area contributed by atoms with E-state index in [4.69, 9.17) is 9.68 Å². The highest BCUT2D eigenvalue weighted by Crippen LogP contribution is 2.34. The van der Waals surface area contributed by atoms with E-state index in [0.29, 0.717) is 24.3 Å². The third-order valence-electron chi connectivity index (χ3n) is 5.06. The maximum Gasteiger partial charge on any atom is 0.229 e. The van der Waals surface area contributed by atoms with E-state index in [9.17, 15) is 0 Å². The number of pyridine rings is 1. The van der Waals surface area contributed by atoms with Crippen LogP contribution in [0.5, 0.6) is 0 Å². The lowest BCUT2D eigenvalue weighted by Gasteiger charge is -2.37. The number of aryl methyl sites for hydroxylation is 1. The summed E-state index contributed by atoms with van der Waals surface area (Å²) in [6.07, 6.45) is 7.09. The van der Waals surface area contributed by atoms with Crippen LogP contribution in [0.1, 0.15) is 25.5 Å². The number of likely N-dealkylation sites (tertiary alicyclic amines) is 1. The molecule has 3 aromatic rings. The summed E-state index contributed by atoms with van der Waals surface area (Å²) in [5, 5.41) is 13.7. The molecule has 0 spiro atoms. The van der Waals surface area contributed by atoms with E-state index >= 15 is 0 Å². The van der Waals surface area contributed by atoms with Crippen molar-refractivity contribution in [3.63, 3.8) is 0 Å². The van der Waals surface area contributed by atoms with Crippen molar-refractivity contribution in [1.29, 1.82) is 5.26 Å². The average Bonchev–Trinajstić information content (AvgIpc) is 3.29. The van der Waals surface area contributed by atoms with Gasteiger partial charge in [0, 0.05) is 49.9 Å². The molecule has 1 saturated heterocycles. The lowest BCUT2D eigenvalue weighted by Crippen LogP contribution is -2.45. The number of fused-ring (bicyclic) bond motifs is 1. The van der Waals surface area contributed by atoms with Crippen LogP contribution < -0.4 is 5.32 Å². The van der Waals surface area contributed by atoms with Gasteiger partial charge in [0.15, 0.2) is 0 Å². The minimum atomic E-state index is 0.294. The molecule has 0 bridgehead atoms. The van der Waals surface area contributed by atoms with Gasteiger partial charge in [-0.1, -0.05) is 6.92 Å². The Morgan fingerprint density at radius 1 is 1.37 bits per heavy atom. The van der Waals surface area contributed by atoms with E-state index in [2.05, 4.69) is 38.2 Å². The summed E-state index contributed by atoms with van der Waals surface area (Å²) in [6.45, 7) is 6.94. The number of oxazole rings is 1. The molecule has 0 aliphatic carbocycles. The fraction of sp³-hybridized carbons (Fsp3) is 0.450. The Morgan fingerprint density at radius 3 is 3.04 bits per heavy atom. The predicted octanol–water partition coefficient (Wildman–Crippen LogP) is 3.56. The Morgan fingerprint density at radius 2 is 2.26 bits per heavy atom. The lowest BCUT2D eigenvalue weighted by molar-refractivity contribution is 0.175. The fourth-order valence-electron chi connectivity index (χ4n) is 3.97. The van der Waals surface area contributed by atoms with Crippen molar-refractivity contribution in [1.82, 2.24) is 19.9 Å². The molecule has 1 aliphatic heterocycles.